The predicted octanol–water partition coefficient (Wildman–Crippen LogP) is 3.79. The van der Waals surface area contributed by atoms with Crippen LogP contribution in [0.5, 0.6) is 0 Å². The van der Waals surface area contributed by atoms with Gasteiger partial charge in [-0.2, -0.15) is 5.26 Å². The molecule has 0 bridgehead atoms. The van der Waals surface area contributed by atoms with Crippen LogP contribution in [0.4, 0.5) is 21.5 Å². The highest BCUT2D eigenvalue weighted by molar-refractivity contribution is 9.10. The normalized spacial score (nSPS) is 9.83. The number of nitrogen functional groups attached to an aromatic ring is 1. The summed E-state index contributed by atoms with van der Waals surface area (Å²) in [6, 6.07) is 11.4. The van der Waals surface area contributed by atoms with Crippen molar-refractivity contribution < 1.29 is 4.39 Å². The van der Waals surface area contributed by atoms with E-state index in [4.69, 9.17) is 11.0 Å². The van der Waals surface area contributed by atoms with Gasteiger partial charge in [-0.25, -0.2) is 4.39 Å². The number of anilines is 3. The number of hydrogen-bond donors (Lipinski definition) is 2. The first-order valence-corrected chi connectivity index (χ1v) is 5.91. The molecule has 0 amide bonds. The standard InChI is InChI=1S/C13H9BrFN3/c14-11-6-9(15)1-4-13(11)18-10-2-3-12(17)8(5-10)7-16/h1-6,18H,17H2. The summed E-state index contributed by atoms with van der Waals surface area (Å²) in [6.45, 7) is 0. The van der Waals surface area contributed by atoms with Gasteiger partial charge in [-0.05, 0) is 52.3 Å². The quantitative estimate of drug-likeness (QED) is 0.830. The van der Waals surface area contributed by atoms with Crippen molar-refractivity contribution in [1.82, 2.24) is 0 Å². The van der Waals surface area contributed by atoms with Crippen molar-refractivity contribution in [2.75, 3.05) is 11.1 Å². The lowest BCUT2D eigenvalue weighted by Crippen LogP contribution is -1.95. The molecule has 0 aliphatic rings. The Kier molecular flexibility index (Phi) is 3.49. The van der Waals surface area contributed by atoms with Crippen molar-refractivity contribution >= 4 is 33.0 Å². The fourth-order valence-corrected chi connectivity index (χ4v) is 1.93. The lowest BCUT2D eigenvalue weighted by Gasteiger charge is -2.09. The number of rotatable bonds is 2. The van der Waals surface area contributed by atoms with E-state index in [9.17, 15) is 4.39 Å². The van der Waals surface area contributed by atoms with Crippen LogP contribution in [0.2, 0.25) is 0 Å². The molecule has 2 aromatic rings. The second-order valence-corrected chi connectivity index (χ2v) is 4.52. The van der Waals surface area contributed by atoms with Crippen molar-refractivity contribution in [3.8, 4) is 6.07 Å². The van der Waals surface area contributed by atoms with Crippen LogP contribution >= 0.6 is 15.9 Å². The third kappa shape index (κ3) is 2.60. The zero-order valence-corrected chi connectivity index (χ0v) is 10.8. The molecule has 0 heterocycles. The highest BCUT2D eigenvalue weighted by atomic mass is 79.9. The van der Waals surface area contributed by atoms with Gasteiger partial charge in [0.1, 0.15) is 11.9 Å². The molecule has 0 atom stereocenters. The van der Waals surface area contributed by atoms with Crippen LogP contribution in [0, 0.1) is 17.1 Å². The zero-order valence-electron chi connectivity index (χ0n) is 9.24. The van der Waals surface area contributed by atoms with Crippen LogP contribution in [0.3, 0.4) is 0 Å². The Morgan fingerprint density at radius 1 is 1.22 bits per heavy atom. The number of benzene rings is 2. The highest BCUT2D eigenvalue weighted by Gasteiger charge is 2.04. The lowest BCUT2D eigenvalue weighted by molar-refractivity contribution is 0.627. The summed E-state index contributed by atoms with van der Waals surface area (Å²) >= 11 is 3.26. The highest BCUT2D eigenvalue weighted by Crippen LogP contribution is 2.27. The van der Waals surface area contributed by atoms with E-state index in [-0.39, 0.29) is 5.82 Å². The van der Waals surface area contributed by atoms with Crippen molar-refractivity contribution in [3.63, 3.8) is 0 Å². The van der Waals surface area contributed by atoms with Gasteiger partial charge in [0, 0.05) is 15.8 Å². The molecular formula is C13H9BrFN3. The molecule has 0 aliphatic heterocycles. The predicted molar refractivity (Wildman–Crippen MR) is 73.0 cm³/mol. The average Bonchev–Trinajstić information content (AvgIpc) is 2.35. The largest absolute Gasteiger partial charge is 0.398 e. The van der Waals surface area contributed by atoms with Gasteiger partial charge >= 0.3 is 0 Å². The van der Waals surface area contributed by atoms with Crippen LogP contribution in [0.25, 0.3) is 0 Å². The molecule has 0 saturated heterocycles. The van der Waals surface area contributed by atoms with Gasteiger partial charge in [0.05, 0.1) is 11.3 Å². The summed E-state index contributed by atoms with van der Waals surface area (Å²) in [5, 5.41) is 12.0. The minimum Gasteiger partial charge on any atom is -0.398 e. The summed E-state index contributed by atoms with van der Waals surface area (Å²) in [4.78, 5) is 0. The van der Waals surface area contributed by atoms with Crippen molar-refractivity contribution in [2.45, 2.75) is 0 Å². The summed E-state index contributed by atoms with van der Waals surface area (Å²) in [5.41, 5.74) is 7.90. The molecule has 0 radical (unpaired) electrons. The van der Waals surface area contributed by atoms with E-state index in [2.05, 4.69) is 21.2 Å². The van der Waals surface area contributed by atoms with E-state index in [1.54, 1.807) is 24.3 Å². The number of halogens is 2. The Hall–Kier alpha value is -2.06. The van der Waals surface area contributed by atoms with Crippen molar-refractivity contribution in [3.05, 3.63) is 52.3 Å². The van der Waals surface area contributed by atoms with Crippen molar-refractivity contribution in [2.24, 2.45) is 0 Å². The lowest BCUT2D eigenvalue weighted by atomic mass is 10.1. The fraction of sp³-hybridized carbons (Fsp3) is 0. The number of nitriles is 1. The maximum absolute atomic E-state index is 12.9. The molecule has 3 N–H and O–H groups in total. The van der Waals surface area contributed by atoms with Crippen LogP contribution in [0.15, 0.2) is 40.9 Å². The Morgan fingerprint density at radius 3 is 2.67 bits per heavy atom. The van der Waals surface area contributed by atoms with E-state index in [0.29, 0.717) is 27.1 Å². The third-order valence-corrected chi connectivity index (χ3v) is 3.04. The first kappa shape index (κ1) is 12.4. The van der Waals surface area contributed by atoms with Crippen LogP contribution in [-0.4, -0.2) is 0 Å². The number of hydrogen-bond acceptors (Lipinski definition) is 3. The van der Waals surface area contributed by atoms with E-state index >= 15 is 0 Å². The van der Waals surface area contributed by atoms with Gasteiger partial charge in [-0.1, -0.05) is 0 Å². The molecule has 2 aromatic carbocycles. The SMILES string of the molecule is N#Cc1cc(Nc2ccc(F)cc2Br)ccc1N. The Bertz CT molecular complexity index is 635. The fourth-order valence-electron chi connectivity index (χ4n) is 1.48. The van der Waals surface area contributed by atoms with Gasteiger partial charge in [0.15, 0.2) is 0 Å². The number of nitrogens with one attached hydrogen (secondary N) is 1. The van der Waals surface area contributed by atoms with E-state index in [1.165, 1.54) is 12.1 Å². The Balaban J connectivity index is 2.32. The summed E-state index contributed by atoms with van der Waals surface area (Å²) in [7, 11) is 0. The van der Waals surface area contributed by atoms with Crippen molar-refractivity contribution in [1.29, 1.82) is 5.26 Å². The summed E-state index contributed by atoms with van der Waals surface area (Å²) in [5.74, 6) is -0.317. The molecule has 0 aromatic heterocycles. The van der Waals surface area contributed by atoms with E-state index < -0.39 is 0 Å². The second kappa shape index (κ2) is 5.07. The third-order valence-electron chi connectivity index (χ3n) is 2.38. The summed E-state index contributed by atoms with van der Waals surface area (Å²) in [6.07, 6.45) is 0. The minimum atomic E-state index is -0.317. The first-order chi connectivity index (χ1) is 8.60. The maximum atomic E-state index is 12.9. The van der Waals surface area contributed by atoms with Crippen LogP contribution in [-0.2, 0) is 0 Å². The van der Waals surface area contributed by atoms with Gasteiger partial charge in [0.2, 0.25) is 0 Å². The number of nitrogens with zero attached hydrogens (tertiary/aromatic N) is 1. The first-order valence-electron chi connectivity index (χ1n) is 5.12. The molecule has 0 aliphatic carbocycles. The van der Waals surface area contributed by atoms with E-state index in [1.807, 2.05) is 6.07 Å². The molecule has 2 rings (SSSR count). The molecule has 0 spiro atoms. The number of nitrogens with two attached hydrogens (primary N) is 1. The zero-order chi connectivity index (χ0) is 13.1. The molecule has 5 heteroatoms. The Morgan fingerprint density at radius 2 is 2.00 bits per heavy atom. The van der Waals surface area contributed by atoms with E-state index in [0.717, 1.165) is 0 Å². The minimum absolute atomic E-state index is 0.317. The molecular weight excluding hydrogens is 297 g/mol. The molecule has 90 valence electrons. The molecule has 0 fully saturated rings. The van der Waals surface area contributed by atoms with Gasteiger partial charge in [-0.15, -0.1) is 0 Å². The molecule has 3 nitrogen and oxygen atoms in total. The summed E-state index contributed by atoms with van der Waals surface area (Å²) < 4.78 is 13.5. The second-order valence-electron chi connectivity index (χ2n) is 3.66. The maximum Gasteiger partial charge on any atom is 0.124 e. The molecule has 0 unspecified atom stereocenters. The molecule has 18 heavy (non-hydrogen) atoms. The molecule has 0 saturated carbocycles. The monoisotopic (exact) mass is 305 g/mol. The van der Waals surface area contributed by atoms with Crippen LogP contribution in [0.1, 0.15) is 5.56 Å². The Labute approximate surface area is 112 Å². The van der Waals surface area contributed by atoms with Crippen LogP contribution < -0.4 is 11.1 Å². The topological polar surface area (TPSA) is 61.8 Å². The van der Waals surface area contributed by atoms with Gasteiger partial charge < -0.3 is 11.1 Å². The average molecular weight is 306 g/mol. The van der Waals surface area contributed by atoms with Gasteiger partial charge in [-0.3, -0.25) is 0 Å². The smallest absolute Gasteiger partial charge is 0.124 e. The van der Waals surface area contributed by atoms with Gasteiger partial charge in [0.25, 0.3) is 0 Å².